The van der Waals surface area contributed by atoms with E-state index in [4.69, 9.17) is 0 Å². The van der Waals surface area contributed by atoms with E-state index >= 15 is 0 Å². The summed E-state index contributed by atoms with van der Waals surface area (Å²) in [5.74, 6) is -2.13. The van der Waals surface area contributed by atoms with Gasteiger partial charge in [-0.1, -0.05) is 48.5 Å². The van der Waals surface area contributed by atoms with Gasteiger partial charge in [-0.3, -0.25) is 4.79 Å². The van der Waals surface area contributed by atoms with Crippen molar-refractivity contribution in [3.8, 4) is 22.3 Å². The first-order valence-corrected chi connectivity index (χ1v) is 11.5. The maximum Gasteiger partial charge on any atom is 0.275 e. The molecule has 0 N–H and O–H groups in total. The van der Waals surface area contributed by atoms with Crippen LogP contribution in [0, 0.1) is 11.6 Å². The zero-order chi connectivity index (χ0) is 22.9. The number of benzene rings is 3. The van der Waals surface area contributed by atoms with Crippen molar-refractivity contribution in [1.82, 2.24) is 9.78 Å². The van der Waals surface area contributed by atoms with E-state index in [1.165, 1.54) is 29.1 Å². The summed E-state index contributed by atoms with van der Waals surface area (Å²) in [5.41, 5.74) is 1.32. The molecule has 0 fully saturated rings. The van der Waals surface area contributed by atoms with E-state index in [1.54, 1.807) is 12.1 Å². The molecule has 0 radical (unpaired) electrons. The fourth-order valence-corrected chi connectivity index (χ4v) is 4.07. The number of halogens is 2. The van der Waals surface area contributed by atoms with Crippen molar-refractivity contribution in [3.63, 3.8) is 0 Å². The molecule has 0 aliphatic carbocycles. The molecule has 0 saturated heterocycles. The molecular weight excluding hydrogens is 434 g/mol. The van der Waals surface area contributed by atoms with Gasteiger partial charge in [-0.15, -0.1) is 0 Å². The summed E-state index contributed by atoms with van der Waals surface area (Å²) in [7, 11) is -3.50. The first kappa shape index (κ1) is 21.6. The van der Waals surface area contributed by atoms with Crippen LogP contribution in [-0.4, -0.2) is 24.5 Å². The molecule has 8 heteroatoms. The van der Waals surface area contributed by atoms with E-state index in [0.717, 1.165) is 24.0 Å². The van der Waals surface area contributed by atoms with E-state index < -0.39 is 27.0 Å². The molecule has 0 amide bonds. The Labute approximate surface area is 183 Å². The van der Waals surface area contributed by atoms with Gasteiger partial charge in [0.25, 0.3) is 5.56 Å². The molecule has 1 aromatic heterocycles. The van der Waals surface area contributed by atoms with Crippen molar-refractivity contribution in [3.05, 3.63) is 107 Å². The number of sulfone groups is 1. The van der Waals surface area contributed by atoms with Gasteiger partial charge in [0.2, 0.25) is 0 Å². The second-order valence-electron chi connectivity index (χ2n) is 7.31. The topological polar surface area (TPSA) is 69.0 Å². The lowest BCUT2D eigenvalue weighted by molar-refractivity contribution is 0.509. The highest BCUT2D eigenvalue weighted by atomic mass is 32.2. The average molecular weight is 452 g/mol. The van der Waals surface area contributed by atoms with Gasteiger partial charge in [-0.2, -0.15) is 5.10 Å². The average Bonchev–Trinajstić information content (AvgIpc) is 2.77. The van der Waals surface area contributed by atoms with Crippen molar-refractivity contribution in [2.75, 3.05) is 6.26 Å². The van der Waals surface area contributed by atoms with E-state index in [0.29, 0.717) is 11.1 Å². The Morgan fingerprint density at radius 1 is 0.875 bits per heavy atom. The summed E-state index contributed by atoms with van der Waals surface area (Å²) in [6.45, 7) is 0.181. The molecule has 0 atom stereocenters. The maximum absolute atomic E-state index is 14.0. The standard InChI is InChI=1S/C24H18F2N2O3S/c1-32(30,31)19-9-5-8-17(12-19)20-14-27-28(15-16-6-3-2-4-7-16)24(29)23(20)18-10-11-21(25)22(26)13-18/h2-14H,15H2,1H3. The second-order valence-corrected chi connectivity index (χ2v) is 9.33. The molecular formula is C24H18F2N2O3S. The van der Waals surface area contributed by atoms with E-state index in [1.807, 2.05) is 30.3 Å². The Balaban J connectivity index is 1.95. The van der Waals surface area contributed by atoms with Gasteiger partial charge in [0.15, 0.2) is 21.5 Å². The van der Waals surface area contributed by atoms with Crippen LogP contribution in [0.4, 0.5) is 8.78 Å². The summed E-state index contributed by atoms with van der Waals surface area (Å²) >= 11 is 0. The maximum atomic E-state index is 14.0. The highest BCUT2D eigenvalue weighted by Crippen LogP contribution is 2.31. The number of hydrogen-bond donors (Lipinski definition) is 0. The third-order valence-corrected chi connectivity index (χ3v) is 6.11. The molecule has 32 heavy (non-hydrogen) atoms. The summed E-state index contributed by atoms with van der Waals surface area (Å²) in [6, 6.07) is 18.5. The highest BCUT2D eigenvalue weighted by molar-refractivity contribution is 7.90. The molecule has 1 heterocycles. The Morgan fingerprint density at radius 2 is 1.62 bits per heavy atom. The second kappa shape index (κ2) is 8.47. The van der Waals surface area contributed by atoms with Gasteiger partial charge in [0.1, 0.15) is 0 Å². The van der Waals surface area contributed by atoms with Gasteiger partial charge in [-0.25, -0.2) is 21.9 Å². The van der Waals surface area contributed by atoms with Crippen molar-refractivity contribution in [2.45, 2.75) is 11.4 Å². The number of hydrogen-bond acceptors (Lipinski definition) is 4. The SMILES string of the molecule is CS(=O)(=O)c1cccc(-c2cnn(Cc3ccccc3)c(=O)c2-c2ccc(F)c(F)c2)c1. The molecule has 162 valence electrons. The summed E-state index contributed by atoms with van der Waals surface area (Å²) in [5, 5.41) is 4.25. The molecule has 5 nitrogen and oxygen atoms in total. The van der Waals surface area contributed by atoms with Crippen LogP contribution in [0.5, 0.6) is 0 Å². The molecule has 3 aromatic carbocycles. The molecule has 0 spiro atoms. The van der Waals surface area contributed by atoms with Gasteiger partial charge < -0.3 is 0 Å². The quantitative estimate of drug-likeness (QED) is 0.453. The molecule has 0 saturated carbocycles. The molecule has 0 aliphatic heterocycles. The van der Waals surface area contributed by atoms with Crippen LogP contribution >= 0.6 is 0 Å². The van der Waals surface area contributed by atoms with Gasteiger partial charge in [-0.05, 0) is 41.0 Å². The Hall–Kier alpha value is -3.65. The van der Waals surface area contributed by atoms with E-state index in [9.17, 15) is 22.0 Å². The van der Waals surface area contributed by atoms with Crippen LogP contribution in [0.25, 0.3) is 22.3 Å². The summed E-state index contributed by atoms with van der Waals surface area (Å²) in [4.78, 5) is 13.5. The lowest BCUT2D eigenvalue weighted by atomic mass is 9.97. The van der Waals surface area contributed by atoms with Gasteiger partial charge >= 0.3 is 0 Å². The Bertz CT molecular complexity index is 1470. The van der Waals surface area contributed by atoms with E-state index in [2.05, 4.69) is 5.10 Å². The minimum absolute atomic E-state index is 0.0692. The van der Waals surface area contributed by atoms with Crippen LogP contribution in [0.3, 0.4) is 0 Å². The third kappa shape index (κ3) is 4.36. The van der Waals surface area contributed by atoms with Crippen LogP contribution in [-0.2, 0) is 16.4 Å². The first-order chi connectivity index (χ1) is 15.2. The van der Waals surface area contributed by atoms with Crippen LogP contribution in [0.2, 0.25) is 0 Å². The fraction of sp³-hybridized carbons (Fsp3) is 0.0833. The van der Waals surface area contributed by atoms with Crippen LogP contribution in [0.15, 0.2) is 88.7 Å². The lowest BCUT2D eigenvalue weighted by Crippen LogP contribution is -2.25. The number of rotatable bonds is 5. The largest absolute Gasteiger partial charge is 0.275 e. The fourth-order valence-electron chi connectivity index (χ4n) is 3.40. The van der Waals surface area contributed by atoms with Crippen molar-refractivity contribution < 1.29 is 17.2 Å². The van der Waals surface area contributed by atoms with Crippen molar-refractivity contribution in [1.29, 1.82) is 0 Å². The monoisotopic (exact) mass is 452 g/mol. The molecule has 4 aromatic rings. The van der Waals surface area contributed by atoms with Gasteiger partial charge in [0.05, 0.1) is 23.2 Å². The van der Waals surface area contributed by atoms with E-state index in [-0.39, 0.29) is 22.6 Å². The Morgan fingerprint density at radius 3 is 2.31 bits per heavy atom. The first-order valence-electron chi connectivity index (χ1n) is 9.64. The smallest absolute Gasteiger partial charge is 0.267 e. The molecule has 0 bridgehead atoms. The van der Waals surface area contributed by atoms with Crippen LogP contribution in [0.1, 0.15) is 5.56 Å². The number of nitrogens with zero attached hydrogens (tertiary/aromatic N) is 2. The molecule has 0 unspecified atom stereocenters. The highest BCUT2D eigenvalue weighted by Gasteiger charge is 2.18. The van der Waals surface area contributed by atoms with Crippen LogP contribution < -0.4 is 5.56 Å². The zero-order valence-electron chi connectivity index (χ0n) is 17.0. The predicted molar refractivity (Wildman–Crippen MR) is 118 cm³/mol. The normalized spacial score (nSPS) is 11.5. The van der Waals surface area contributed by atoms with Crippen molar-refractivity contribution in [2.24, 2.45) is 0 Å². The third-order valence-electron chi connectivity index (χ3n) is 5.00. The van der Waals surface area contributed by atoms with Crippen molar-refractivity contribution >= 4 is 9.84 Å². The zero-order valence-corrected chi connectivity index (χ0v) is 17.8. The molecule has 0 aliphatic rings. The number of aromatic nitrogens is 2. The molecule has 4 rings (SSSR count). The summed E-state index contributed by atoms with van der Waals surface area (Å²) in [6.07, 6.45) is 2.51. The predicted octanol–water partition coefficient (Wildman–Crippen LogP) is 4.31. The Kier molecular flexibility index (Phi) is 5.71. The minimum atomic E-state index is -3.50. The minimum Gasteiger partial charge on any atom is -0.267 e. The lowest BCUT2D eigenvalue weighted by Gasteiger charge is -2.14. The summed E-state index contributed by atoms with van der Waals surface area (Å²) < 4.78 is 52.8. The van der Waals surface area contributed by atoms with Gasteiger partial charge in [0, 0.05) is 11.8 Å².